The molecule has 2 nitrogen and oxygen atoms in total. The van der Waals surface area contributed by atoms with E-state index in [1.165, 1.54) is 77.3 Å². The summed E-state index contributed by atoms with van der Waals surface area (Å²) >= 11 is 0. The molecule has 0 radical (unpaired) electrons. The normalized spacial score (nSPS) is 16.9. The summed E-state index contributed by atoms with van der Waals surface area (Å²) in [7, 11) is 0. The van der Waals surface area contributed by atoms with Gasteiger partial charge in [-0.1, -0.05) is 80.6 Å². The van der Waals surface area contributed by atoms with E-state index in [1.54, 1.807) is 5.57 Å². The van der Waals surface area contributed by atoms with Gasteiger partial charge in [-0.15, -0.1) is 0 Å². The van der Waals surface area contributed by atoms with Crippen LogP contribution in [0.2, 0.25) is 0 Å². The Labute approximate surface area is 234 Å². The zero-order valence-corrected chi connectivity index (χ0v) is 23.0. The fraction of sp³-hybridized carbons (Fsp3) is 0.184. The van der Waals surface area contributed by atoms with E-state index in [0.29, 0.717) is 0 Å². The molecule has 0 spiro atoms. The van der Waals surface area contributed by atoms with Crippen LogP contribution in [0.15, 0.2) is 103 Å². The maximum Gasteiger partial charge on any atom is 0.0621 e. The van der Waals surface area contributed by atoms with Gasteiger partial charge in [-0.2, -0.15) is 0 Å². The molecule has 0 unspecified atom stereocenters. The van der Waals surface area contributed by atoms with Crippen molar-refractivity contribution in [2.75, 3.05) is 0 Å². The van der Waals surface area contributed by atoms with E-state index < -0.39 is 0 Å². The molecule has 4 aromatic carbocycles. The van der Waals surface area contributed by atoms with E-state index in [0.717, 1.165) is 25.7 Å². The Kier molecular flexibility index (Phi) is 4.38. The smallest absolute Gasteiger partial charge is 0.0621 e. The van der Waals surface area contributed by atoms with Gasteiger partial charge >= 0.3 is 0 Å². The van der Waals surface area contributed by atoms with Crippen molar-refractivity contribution < 1.29 is 0 Å². The first-order valence-electron chi connectivity index (χ1n) is 14.6. The number of nitrogens with zero attached hydrogens (tertiary/aromatic N) is 2. The number of pyridine rings is 1. The third-order valence-electron chi connectivity index (χ3n) is 9.79. The van der Waals surface area contributed by atoms with Crippen molar-refractivity contribution in [3.63, 3.8) is 0 Å². The van der Waals surface area contributed by atoms with Gasteiger partial charge in [0.05, 0.1) is 22.4 Å². The number of para-hydroxylation sites is 1. The minimum Gasteiger partial charge on any atom is -0.308 e. The van der Waals surface area contributed by atoms with Crippen LogP contribution in [0.5, 0.6) is 0 Å². The fourth-order valence-electron chi connectivity index (χ4n) is 8.00. The molecule has 0 amide bonds. The summed E-state index contributed by atoms with van der Waals surface area (Å²) in [5, 5.41) is 5.23. The SMILES string of the molecule is CC1(C)c2ccccc2-c2cc3c4ccccc4n(-c4cccc5c4CCC4=C5CCC=C4)c3c3ccnc1c23. The second kappa shape index (κ2) is 7.82. The lowest BCUT2D eigenvalue weighted by Gasteiger charge is -2.34. The van der Waals surface area contributed by atoms with Gasteiger partial charge in [0.15, 0.2) is 0 Å². The highest BCUT2D eigenvalue weighted by Crippen LogP contribution is 2.51. The van der Waals surface area contributed by atoms with Gasteiger partial charge in [-0.25, -0.2) is 0 Å². The number of benzene rings is 4. The molecule has 0 aliphatic heterocycles. The van der Waals surface area contributed by atoms with Gasteiger partial charge < -0.3 is 4.57 Å². The molecule has 6 aromatic rings. The Morgan fingerprint density at radius 1 is 0.750 bits per heavy atom. The van der Waals surface area contributed by atoms with Crippen molar-refractivity contribution in [2.45, 2.75) is 44.9 Å². The number of fused-ring (bicyclic) bond motifs is 8. The summed E-state index contributed by atoms with van der Waals surface area (Å²) in [5.74, 6) is 0. The van der Waals surface area contributed by atoms with Crippen LogP contribution >= 0.6 is 0 Å². The van der Waals surface area contributed by atoms with Crippen LogP contribution in [0.4, 0.5) is 0 Å². The number of hydrogen-bond acceptors (Lipinski definition) is 1. The van der Waals surface area contributed by atoms with Gasteiger partial charge in [0.1, 0.15) is 0 Å². The summed E-state index contributed by atoms with van der Waals surface area (Å²) in [6, 6.07) is 29.6. The van der Waals surface area contributed by atoms with Crippen LogP contribution in [0, 0.1) is 0 Å². The average molecular weight is 515 g/mol. The summed E-state index contributed by atoms with van der Waals surface area (Å²) in [6.07, 6.45) is 11.2. The zero-order chi connectivity index (χ0) is 26.6. The number of rotatable bonds is 1. The largest absolute Gasteiger partial charge is 0.308 e. The summed E-state index contributed by atoms with van der Waals surface area (Å²) < 4.78 is 2.57. The quantitative estimate of drug-likeness (QED) is 0.214. The molecule has 3 aliphatic carbocycles. The van der Waals surface area contributed by atoms with Gasteiger partial charge in [0.25, 0.3) is 0 Å². The highest BCUT2D eigenvalue weighted by Gasteiger charge is 2.36. The summed E-state index contributed by atoms with van der Waals surface area (Å²) in [5.41, 5.74) is 14.9. The monoisotopic (exact) mass is 514 g/mol. The van der Waals surface area contributed by atoms with Gasteiger partial charge in [0, 0.05) is 33.2 Å². The lowest BCUT2D eigenvalue weighted by molar-refractivity contribution is 0.622. The van der Waals surface area contributed by atoms with Crippen molar-refractivity contribution in [3.05, 3.63) is 125 Å². The Hall–Kier alpha value is -4.43. The Balaban J connectivity index is 1.46. The molecule has 9 rings (SSSR count). The Morgan fingerprint density at radius 2 is 1.60 bits per heavy atom. The van der Waals surface area contributed by atoms with Crippen LogP contribution in [0.1, 0.15) is 55.5 Å². The fourth-order valence-corrected chi connectivity index (χ4v) is 8.00. The molecule has 192 valence electrons. The molecule has 0 saturated carbocycles. The molecule has 0 bridgehead atoms. The van der Waals surface area contributed by atoms with Crippen molar-refractivity contribution in [2.24, 2.45) is 0 Å². The highest BCUT2D eigenvalue weighted by atomic mass is 15.0. The predicted molar refractivity (Wildman–Crippen MR) is 167 cm³/mol. The number of allylic oxidation sites excluding steroid dienone is 4. The second-order valence-corrected chi connectivity index (χ2v) is 12.2. The van der Waals surface area contributed by atoms with Crippen LogP contribution < -0.4 is 0 Å². The minimum atomic E-state index is -0.170. The van der Waals surface area contributed by atoms with Gasteiger partial charge in [-0.3, -0.25) is 4.98 Å². The Morgan fingerprint density at radius 3 is 2.55 bits per heavy atom. The molecule has 2 aromatic heterocycles. The van der Waals surface area contributed by atoms with Crippen LogP contribution in [0.25, 0.3) is 55.0 Å². The highest BCUT2D eigenvalue weighted by molar-refractivity contribution is 6.23. The molecule has 0 saturated heterocycles. The van der Waals surface area contributed by atoms with Crippen LogP contribution in [-0.2, 0) is 11.8 Å². The van der Waals surface area contributed by atoms with Crippen molar-refractivity contribution >= 4 is 38.2 Å². The molecule has 40 heavy (non-hydrogen) atoms. The maximum atomic E-state index is 5.05. The van der Waals surface area contributed by atoms with E-state index in [4.69, 9.17) is 4.98 Å². The third kappa shape index (κ3) is 2.76. The maximum absolute atomic E-state index is 5.05. The first kappa shape index (κ1) is 22.4. The Bertz CT molecular complexity index is 2130. The van der Waals surface area contributed by atoms with Crippen molar-refractivity contribution in [1.82, 2.24) is 9.55 Å². The van der Waals surface area contributed by atoms with E-state index in [9.17, 15) is 0 Å². The summed E-state index contributed by atoms with van der Waals surface area (Å²) in [4.78, 5) is 5.05. The molecule has 3 aliphatic rings. The lowest BCUT2D eigenvalue weighted by Crippen LogP contribution is -2.25. The van der Waals surface area contributed by atoms with Crippen LogP contribution in [-0.4, -0.2) is 9.55 Å². The van der Waals surface area contributed by atoms with E-state index in [1.807, 2.05) is 6.20 Å². The van der Waals surface area contributed by atoms with E-state index >= 15 is 0 Å². The van der Waals surface area contributed by atoms with E-state index in [-0.39, 0.29) is 5.41 Å². The predicted octanol–water partition coefficient (Wildman–Crippen LogP) is 9.69. The van der Waals surface area contributed by atoms with Crippen molar-refractivity contribution in [3.8, 4) is 16.8 Å². The minimum absolute atomic E-state index is 0.170. The topological polar surface area (TPSA) is 17.8 Å². The molecular weight excluding hydrogens is 484 g/mol. The standard InChI is InChI=1S/C38H30N2/c1-38(2)32-15-7-5-12-26(32)30-22-31-27-13-6-8-16-33(27)40(36(31)29-20-21-39-37(38)35(29)30)34-17-9-14-25-24-11-4-3-10-23(24)18-19-28(25)34/h3,5-10,12-17,20-22H,4,11,18-19H2,1-2H3. The van der Waals surface area contributed by atoms with Crippen LogP contribution in [0.3, 0.4) is 0 Å². The lowest BCUT2D eigenvalue weighted by atomic mass is 9.70. The van der Waals surface area contributed by atoms with Crippen molar-refractivity contribution in [1.29, 1.82) is 0 Å². The number of hydrogen-bond donors (Lipinski definition) is 0. The second-order valence-electron chi connectivity index (χ2n) is 12.2. The molecule has 2 heteroatoms. The molecular formula is C38H30N2. The first-order valence-corrected chi connectivity index (χ1v) is 14.6. The van der Waals surface area contributed by atoms with E-state index in [2.05, 4.69) is 109 Å². The zero-order valence-electron chi connectivity index (χ0n) is 23.0. The number of aromatic nitrogens is 2. The molecule has 2 heterocycles. The third-order valence-corrected chi connectivity index (χ3v) is 9.79. The molecule has 0 fully saturated rings. The summed E-state index contributed by atoms with van der Waals surface area (Å²) in [6.45, 7) is 4.65. The average Bonchev–Trinajstić information content (AvgIpc) is 3.34. The first-order chi connectivity index (χ1) is 19.6. The molecule has 0 N–H and O–H groups in total. The molecule has 0 atom stereocenters. The van der Waals surface area contributed by atoms with Gasteiger partial charge in [0.2, 0.25) is 0 Å². The van der Waals surface area contributed by atoms with Gasteiger partial charge in [-0.05, 0) is 88.9 Å².